The Bertz CT molecular complexity index is 601. The van der Waals surface area contributed by atoms with Crippen molar-refractivity contribution in [2.75, 3.05) is 19.6 Å². The highest BCUT2D eigenvalue weighted by Crippen LogP contribution is 2.32. The van der Waals surface area contributed by atoms with Crippen LogP contribution in [0.2, 0.25) is 0 Å². The van der Waals surface area contributed by atoms with Crippen molar-refractivity contribution in [1.29, 1.82) is 0 Å². The Morgan fingerprint density at radius 1 is 1.22 bits per heavy atom. The molecule has 3 aliphatic rings. The van der Waals surface area contributed by atoms with E-state index in [2.05, 4.69) is 16.3 Å². The summed E-state index contributed by atoms with van der Waals surface area (Å²) in [6, 6.07) is 6.54. The van der Waals surface area contributed by atoms with Gasteiger partial charge in [-0.3, -0.25) is 4.79 Å². The first-order valence-electron chi connectivity index (χ1n) is 8.12. The third kappa shape index (κ3) is 3.99. The number of carbonyl (C=O) groups is 2. The fraction of sp³-hybridized carbons (Fsp3) is 0.444. The summed E-state index contributed by atoms with van der Waals surface area (Å²) in [6.45, 7) is 3.88. The molecule has 3 aliphatic heterocycles. The minimum Gasteiger partial charge on any atom is -0.478 e. The van der Waals surface area contributed by atoms with Crippen LogP contribution in [0.1, 0.15) is 28.8 Å². The van der Waals surface area contributed by atoms with Gasteiger partial charge in [0.2, 0.25) is 5.91 Å². The Morgan fingerprint density at radius 3 is 2.48 bits per heavy atom. The number of nitrogens with one attached hydrogen (secondary N) is 1. The Morgan fingerprint density at radius 2 is 1.91 bits per heavy atom. The number of rotatable bonds is 5. The number of piperidine rings is 3. The van der Waals surface area contributed by atoms with E-state index < -0.39 is 5.97 Å². The topological polar surface area (TPSA) is 69.6 Å². The van der Waals surface area contributed by atoms with Crippen LogP contribution in [0.5, 0.6) is 0 Å². The second-order valence-corrected chi connectivity index (χ2v) is 6.38. The fourth-order valence-electron chi connectivity index (χ4n) is 3.45. The maximum absolute atomic E-state index is 11.9. The van der Waals surface area contributed by atoms with Crippen molar-refractivity contribution in [2.24, 2.45) is 11.8 Å². The summed E-state index contributed by atoms with van der Waals surface area (Å²) in [4.78, 5) is 25.2. The van der Waals surface area contributed by atoms with Gasteiger partial charge in [0.05, 0.1) is 5.56 Å². The van der Waals surface area contributed by atoms with Crippen LogP contribution in [0.4, 0.5) is 0 Å². The first kappa shape index (κ1) is 15.7. The predicted molar refractivity (Wildman–Crippen MR) is 87.0 cm³/mol. The highest BCUT2D eigenvalue weighted by Gasteiger charge is 2.32. The quantitative estimate of drug-likeness (QED) is 0.815. The Kier molecular flexibility index (Phi) is 4.76. The number of fused-ring (bicyclic) bond motifs is 3. The van der Waals surface area contributed by atoms with E-state index in [-0.39, 0.29) is 11.5 Å². The van der Waals surface area contributed by atoms with Crippen molar-refractivity contribution >= 4 is 11.9 Å². The van der Waals surface area contributed by atoms with E-state index in [0.29, 0.717) is 12.5 Å². The molecule has 0 aromatic heterocycles. The van der Waals surface area contributed by atoms with Gasteiger partial charge in [-0.1, -0.05) is 18.2 Å². The van der Waals surface area contributed by atoms with Gasteiger partial charge < -0.3 is 15.3 Å². The molecule has 0 spiro atoms. The molecule has 5 nitrogen and oxygen atoms in total. The average Bonchev–Trinajstić information content (AvgIpc) is 2.59. The molecule has 1 aromatic carbocycles. The maximum atomic E-state index is 11.9. The summed E-state index contributed by atoms with van der Waals surface area (Å²) in [5, 5.41) is 11.7. The third-order valence-corrected chi connectivity index (χ3v) is 4.87. The minimum absolute atomic E-state index is 0.0937. The lowest BCUT2D eigenvalue weighted by molar-refractivity contribution is -0.116. The molecule has 122 valence electrons. The highest BCUT2D eigenvalue weighted by atomic mass is 16.4. The first-order chi connectivity index (χ1) is 11.1. The number of hydrogen-bond acceptors (Lipinski definition) is 3. The van der Waals surface area contributed by atoms with Crippen molar-refractivity contribution < 1.29 is 14.7 Å². The second kappa shape index (κ2) is 6.96. The molecule has 0 saturated carbocycles. The lowest BCUT2D eigenvalue weighted by Gasteiger charge is -2.43. The van der Waals surface area contributed by atoms with E-state index in [0.717, 1.165) is 18.0 Å². The number of amides is 1. The molecule has 3 saturated heterocycles. The van der Waals surface area contributed by atoms with Crippen LogP contribution in [0, 0.1) is 11.8 Å². The van der Waals surface area contributed by atoms with Gasteiger partial charge in [0.15, 0.2) is 0 Å². The van der Waals surface area contributed by atoms with Crippen molar-refractivity contribution in [3.05, 3.63) is 47.5 Å². The van der Waals surface area contributed by atoms with Crippen molar-refractivity contribution in [3.8, 4) is 0 Å². The van der Waals surface area contributed by atoms with E-state index in [1.54, 1.807) is 30.3 Å². The SMILES string of the molecule is O=C(/C=C/C1CN2CCC1CC2)NCc1ccc(C(=O)O)cc1. The molecule has 2 N–H and O–H groups in total. The second-order valence-electron chi connectivity index (χ2n) is 6.38. The van der Waals surface area contributed by atoms with E-state index in [1.165, 1.54) is 25.9 Å². The zero-order valence-corrected chi connectivity index (χ0v) is 13.1. The summed E-state index contributed by atoms with van der Waals surface area (Å²) < 4.78 is 0. The summed E-state index contributed by atoms with van der Waals surface area (Å²) in [6.07, 6.45) is 6.19. The van der Waals surface area contributed by atoms with Crippen LogP contribution in [0.3, 0.4) is 0 Å². The number of carbonyl (C=O) groups excluding carboxylic acids is 1. The van der Waals surface area contributed by atoms with E-state index in [1.807, 2.05) is 0 Å². The molecule has 0 aliphatic carbocycles. The van der Waals surface area contributed by atoms with Crippen LogP contribution >= 0.6 is 0 Å². The number of carboxylic acids is 1. The van der Waals surface area contributed by atoms with Crippen LogP contribution in [-0.2, 0) is 11.3 Å². The molecule has 4 rings (SSSR count). The molecule has 2 bridgehead atoms. The lowest BCUT2D eigenvalue weighted by Crippen LogP contribution is -2.46. The van der Waals surface area contributed by atoms with Gasteiger partial charge in [0.25, 0.3) is 0 Å². The maximum Gasteiger partial charge on any atom is 0.335 e. The molecule has 1 unspecified atom stereocenters. The summed E-state index contributed by atoms with van der Waals surface area (Å²) in [5.74, 6) is 0.190. The molecular weight excluding hydrogens is 292 g/mol. The Labute approximate surface area is 136 Å². The molecule has 1 atom stereocenters. The van der Waals surface area contributed by atoms with Gasteiger partial charge in [-0.25, -0.2) is 4.79 Å². The smallest absolute Gasteiger partial charge is 0.335 e. The zero-order valence-electron chi connectivity index (χ0n) is 13.1. The molecule has 3 fully saturated rings. The minimum atomic E-state index is -0.943. The molecule has 5 heteroatoms. The molecular formula is C18H22N2O3. The van der Waals surface area contributed by atoms with Crippen LogP contribution in [-0.4, -0.2) is 41.5 Å². The van der Waals surface area contributed by atoms with Crippen LogP contribution in [0.25, 0.3) is 0 Å². The largest absolute Gasteiger partial charge is 0.478 e. The number of carboxylic acid groups (broad SMARTS) is 1. The van der Waals surface area contributed by atoms with Crippen molar-refractivity contribution in [2.45, 2.75) is 19.4 Å². The van der Waals surface area contributed by atoms with Crippen molar-refractivity contribution in [3.63, 3.8) is 0 Å². The predicted octanol–water partition coefficient (Wildman–Crippen LogP) is 1.90. The highest BCUT2D eigenvalue weighted by molar-refractivity contribution is 5.88. The standard InChI is InChI=1S/C18H22N2O3/c21-17(6-5-16-12-20-9-7-14(16)8-10-20)19-11-13-1-3-15(4-2-13)18(22)23/h1-6,14,16H,7-12H2,(H,19,21)(H,22,23)/b6-5+. The third-order valence-electron chi connectivity index (χ3n) is 4.87. The Hall–Kier alpha value is -2.14. The van der Waals surface area contributed by atoms with Gasteiger partial charge in [-0.2, -0.15) is 0 Å². The van der Waals surface area contributed by atoms with Crippen LogP contribution in [0.15, 0.2) is 36.4 Å². The van der Waals surface area contributed by atoms with Gasteiger partial charge in [0.1, 0.15) is 0 Å². The first-order valence-corrected chi connectivity index (χ1v) is 8.12. The number of hydrogen-bond donors (Lipinski definition) is 2. The fourth-order valence-corrected chi connectivity index (χ4v) is 3.45. The molecule has 1 amide bonds. The average molecular weight is 314 g/mol. The normalized spacial score (nSPS) is 26.3. The molecule has 23 heavy (non-hydrogen) atoms. The summed E-state index contributed by atoms with van der Waals surface area (Å²) >= 11 is 0. The Balaban J connectivity index is 1.47. The van der Waals surface area contributed by atoms with E-state index in [4.69, 9.17) is 5.11 Å². The number of nitrogens with zero attached hydrogens (tertiary/aromatic N) is 1. The molecule has 0 radical (unpaired) electrons. The van der Waals surface area contributed by atoms with Crippen LogP contribution < -0.4 is 5.32 Å². The lowest BCUT2D eigenvalue weighted by atomic mass is 9.79. The van der Waals surface area contributed by atoms with Crippen molar-refractivity contribution in [1.82, 2.24) is 10.2 Å². The number of aromatic carboxylic acids is 1. The zero-order chi connectivity index (χ0) is 16.2. The van der Waals surface area contributed by atoms with Gasteiger partial charge in [-0.05, 0) is 61.5 Å². The van der Waals surface area contributed by atoms with E-state index in [9.17, 15) is 9.59 Å². The van der Waals surface area contributed by atoms with E-state index >= 15 is 0 Å². The summed E-state index contributed by atoms with van der Waals surface area (Å²) in [5.41, 5.74) is 1.14. The molecule has 1 aromatic rings. The van der Waals surface area contributed by atoms with Gasteiger partial charge >= 0.3 is 5.97 Å². The van der Waals surface area contributed by atoms with Gasteiger partial charge in [-0.15, -0.1) is 0 Å². The monoisotopic (exact) mass is 314 g/mol. The number of benzene rings is 1. The van der Waals surface area contributed by atoms with Gasteiger partial charge in [0, 0.05) is 13.1 Å². The summed E-state index contributed by atoms with van der Waals surface area (Å²) in [7, 11) is 0. The molecule has 3 heterocycles.